The molecule has 0 saturated heterocycles. The summed E-state index contributed by atoms with van der Waals surface area (Å²) in [7, 11) is 1.51. The van der Waals surface area contributed by atoms with E-state index in [-0.39, 0.29) is 25.2 Å². The molecule has 0 rings (SSSR count). The number of alkyl halides is 1. The van der Waals surface area contributed by atoms with E-state index in [1.54, 1.807) is 13.8 Å². The van der Waals surface area contributed by atoms with Gasteiger partial charge >= 0.3 is 11.9 Å². The molecule has 19 heavy (non-hydrogen) atoms. The van der Waals surface area contributed by atoms with E-state index in [9.17, 15) is 9.59 Å². The Morgan fingerprint density at radius 2 is 1.84 bits per heavy atom. The molecule has 0 heterocycles. The van der Waals surface area contributed by atoms with Crippen LogP contribution in [0.4, 0.5) is 0 Å². The smallest absolute Gasteiger partial charge is 0.312 e. The van der Waals surface area contributed by atoms with Crippen LogP contribution in [0.15, 0.2) is 0 Å². The molecule has 0 spiro atoms. The van der Waals surface area contributed by atoms with Crippen molar-refractivity contribution >= 4 is 27.9 Å². The molecule has 0 aromatic heterocycles. The highest BCUT2D eigenvalue weighted by molar-refractivity contribution is 9.09. The predicted molar refractivity (Wildman–Crippen MR) is 71.9 cm³/mol. The molecule has 1 atom stereocenters. The Balaban J connectivity index is 4.62. The normalized spacial score (nSPS) is 12.9. The lowest BCUT2D eigenvalue weighted by Crippen LogP contribution is -2.41. The first-order valence-corrected chi connectivity index (χ1v) is 7.03. The maximum Gasteiger partial charge on any atom is 0.312 e. The van der Waals surface area contributed by atoms with Crippen LogP contribution in [-0.4, -0.2) is 55.9 Å². The zero-order chi connectivity index (χ0) is 14.9. The van der Waals surface area contributed by atoms with Crippen LogP contribution < -0.4 is 0 Å². The molecule has 7 heteroatoms. The van der Waals surface area contributed by atoms with Crippen LogP contribution in [0.1, 0.15) is 13.8 Å². The molecule has 0 saturated carbocycles. The van der Waals surface area contributed by atoms with E-state index in [0.717, 1.165) is 0 Å². The van der Waals surface area contributed by atoms with Crippen molar-refractivity contribution in [3.63, 3.8) is 0 Å². The van der Waals surface area contributed by atoms with Crippen molar-refractivity contribution in [2.75, 3.05) is 38.9 Å². The molecule has 0 fully saturated rings. The second kappa shape index (κ2) is 9.28. The van der Waals surface area contributed by atoms with Gasteiger partial charge in [0.15, 0.2) is 0 Å². The van der Waals surface area contributed by atoms with Gasteiger partial charge in [-0.2, -0.15) is 0 Å². The second-order valence-corrected chi connectivity index (χ2v) is 5.10. The lowest BCUT2D eigenvalue weighted by Gasteiger charge is -2.29. The number of aliphatic hydroxyl groups excluding tert-OH is 1. The highest BCUT2D eigenvalue weighted by Crippen LogP contribution is 2.31. The van der Waals surface area contributed by atoms with Crippen molar-refractivity contribution in [2.24, 2.45) is 11.3 Å². The molecule has 0 aliphatic carbocycles. The number of halogens is 1. The fourth-order valence-electron chi connectivity index (χ4n) is 1.34. The average molecular weight is 341 g/mol. The number of methoxy groups -OCH3 is 1. The topological polar surface area (TPSA) is 82.1 Å². The molecule has 0 amide bonds. The van der Waals surface area contributed by atoms with Crippen molar-refractivity contribution in [3.05, 3.63) is 0 Å². The molecule has 1 N–H and O–H groups in total. The molecule has 112 valence electrons. The third kappa shape index (κ3) is 5.88. The largest absolute Gasteiger partial charge is 0.463 e. The Morgan fingerprint density at radius 1 is 1.21 bits per heavy atom. The van der Waals surface area contributed by atoms with Crippen LogP contribution in [0.5, 0.6) is 0 Å². The summed E-state index contributed by atoms with van der Waals surface area (Å²) in [6.07, 6.45) is 0. The Morgan fingerprint density at radius 3 is 2.32 bits per heavy atom. The SMILES string of the molecule is COCCOC(=O)C(C)(C)C(CBr)C(=O)OCCO. The second-order valence-electron chi connectivity index (χ2n) is 4.45. The summed E-state index contributed by atoms with van der Waals surface area (Å²) >= 11 is 3.20. The molecule has 6 nitrogen and oxygen atoms in total. The van der Waals surface area contributed by atoms with Crippen LogP contribution in [-0.2, 0) is 23.8 Å². The fraction of sp³-hybridized carbons (Fsp3) is 0.833. The third-order valence-corrected chi connectivity index (χ3v) is 3.34. The molecular formula is C12H21BrO6. The molecule has 0 aliphatic heterocycles. The molecule has 0 radical (unpaired) electrons. The molecule has 0 bridgehead atoms. The quantitative estimate of drug-likeness (QED) is 0.379. The minimum atomic E-state index is -1.02. The Bertz CT molecular complexity index is 292. The van der Waals surface area contributed by atoms with Crippen molar-refractivity contribution in [2.45, 2.75) is 13.8 Å². The minimum absolute atomic E-state index is 0.0862. The van der Waals surface area contributed by atoms with E-state index in [0.29, 0.717) is 6.61 Å². The van der Waals surface area contributed by atoms with Gasteiger partial charge in [0.1, 0.15) is 13.2 Å². The van der Waals surface area contributed by atoms with Crippen molar-refractivity contribution in [1.29, 1.82) is 0 Å². The summed E-state index contributed by atoms with van der Waals surface area (Å²) in [4.78, 5) is 23.8. The molecule has 0 aliphatic rings. The van der Waals surface area contributed by atoms with Crippen LogP contribution in [0, 0.1) is 11.3 Å². The summed E-state index contributed by atoms with van der Waals surface area (Å²) < 4.78 is 14.7. The monoisotopic (exact) mass is 340 g/mol. The predicted octanol–water partition coefficient (Wildman–Crippen LogP) is 0.749. The van der Waals surface area contributed by atoms with Crippen LogP contribution in [0.2, 0.25) is 0 Å². The lowest BCUT2D eigenvalue weighted by molar-refractivity contribution is -0.167. The summed E-state index contributed by atoms with van der Waals surface area (Å²) in [5.74, 6) is -1.72. The van der Waals surface area contributed by atoms with Gasteiger partial charge in [0.2, 0.25) is 0 Å². The van der Waals surface area contributed by atoms with Gasteiger partial charge in [-0.15, -0.1) is 0 Å². The summed E-state index contributed by atoms with van der Waals surface area (Å²) in [5, 5.41) is 8.90. The summed E-state index contributed by atoms with van der Waals surface area (Å²) in [6, 6.07) is 0. The first kappa shape index (κ1) is 18.3. The Kier molecular flexibility index (Phi) is 8.95. The van der Waals surface area contributed by atoms with E-state index in [1.807, 2.05) is 0 Å². The first-order valence-electron chi connectivity index (χ1n) is 5.91. The Hall–Kier alpha value is -0.660. The van der Waals surface area contributed by atoms with Crippen LogP contribution >= 0.6 is 15.9 Å². The zero-order valence-corrected chi connectivity index (χ0v) is 13.1. The van der Waals surface area contributed by atoms with Gasteiger partial charge in [0.25, 0.3) is 0 Å². The van der Waals surface area contributed by atoms with Crippen molar-refractivity contribution in [1.82, 2.24) is 0 Å². The van der Waals surface area contributed by atoms with E-state index < -0.39 is 23.3 Å². The van der Waals surface area contributed by atoms with Gasteiger partial charge < -0.3 is 19.3 Å². The van der Waals surface area contributed by atoms with Gasteiger partial charge in [-0.1, -0.05) is 15.9 Å². The number of aliphatic hydroxyl groups is 1. The minimum Gasteiger partial charge on any atom is -0.463 e. The van der Waals surface area contributed by atoms with E-state index in [1.165, 1.54) is 7.11 Å². The van der Waals surface area contributed by atoms with Crippen molar-refractivity contribution < 1.29 is 28.9 Å². The summed E-state index contributed by atoms with van der Waals surface area (Å²) in [5.41, 5.74) is -1.02. The number of carbonyl (C=O) groups excluding carboxylic acids is 2. The van der Waals surface area contributed by atoms with Gasteiger partial charge in [-0.3, -0.25) is 9.59 Å². The zero-order valence-electron chi connectivity index (χ0n) is 11.5. The van der Waals surface area contributed by atoms with Gasteiger partial charge in [0, 0.05) is 12.4 Å². The summed E-state index contributed by atoms with van der Waals surface area (Å²) in [6.45, 7) is 3.34. The van der Waals surface area contributed by atoms with Gasteiger partial charge in [-0.25, -0.2) is 0 Å². The van der Waals surface area contributed by atoms with Crippen LogP contribution in [0.3, 0.4) is 0 Å². The maximum absolute atomic E-state index is 12.0. The van der Waals surface area contributed by atoms with E-state index in [4.69, 9.17) is 19.3 Å². The Labute approximate surface area is 121 Å². The van der Waals surface area contributed by atoms with Crippen molar-refractivity contribution in [3.8, 4) is 0 Å². The highest BCUT2D eigenvalue weighted by Gasteiger charge is 2.43. The number of carbonyl (C=O) groups is 2. The van der Waals surface area contributed by atoms with E-state index in [2.05, 4.69) is 15.9 Å². The van der Waals surface area contributed by atoms with Gasteiger partial charge in [0.05, 0.1) is 24.5 Å². The lowest BCUT2D eigenvalue weighted by atomic mass is 9.80. The number of ether oxygens (including phenoxy) is 3. The fourth-order valence-corrected chi connectivity index (χ4v) is 2.42. The standard InChI is InChI=1S/C12H21BrO6/c1-12(2,11(16)19-7-6-17-3)9(8-13)10(15)18-5-4-14/h9,14H,4-8H2,1-3H3. The first-order chi connectivity index (χ1) is 8.91. The number of hydrogen-bond acceptors (Lipinski definition) is 6. The molecule has 0 aromatic rings. The third-order valence-electron chi connectivity index (χ3n) is 2.69. The van der Waals surface area contributed by atoms with E-state index >= 15 is 0 Å². The number of esters is 2. The molecular weight excluding hydrogens is 320 g/mol. The highest BCUT2D eigenvalue weighted by atomic mass is 79.9. The maximum atomic E-state index is 12.0. The average Bonchev–Trinajstić information content (AvgIpc) is 2.36. The molecule has 1 unspecified atom stereocenters. The van der Waals surface area contributed by atoms with Crippen LogP contribution in [0.25, 0.3) is 0 Å². The number of hydrogen-bond donors (Lipinski definition) is 1. The van der Waals surface area contributed by atoms with Gasteiger partial charge in [-0.05, 0) is 13.8 Å². The molecule has 0 aromatic carbocycles. The number of rotatable bonds is 9.